The Hall–Kier alpha value is -2.77. The van der Waals surface area contributed by atoms with Crippen LogP contribution < -0.4 is 0 Å². The topological polar surface area (TPSA) is 95.1 Å². The highest BCUT2D eigenvalue weighted by Crippen LogP contribution is 2.09. The molecule has 1 saturated heterocycles. The molecule has 1 aliphatic rings. The summed E-state index contributed by atoms with van der Waals surface area (Å²) in [5.74, 6) is 0.173. The van der Waals surface area contributed by atoms with Gasteiger partial charge < -0.3 is 9.80 Å². The van der Waals surface area contributed by atoms with Crippen molar-refractivity contribution in [2.45, 2.75) is 12.8 Å². The van der Waals surface area contributed by atoms with Gasteiger partial charge in [0.2, 0.25) is 11.7 Å². The molecular formula is C15H18N6O2. The number of aromatic amines is 1. The van der Waals surface area contributed by atoms with Gasteiger partial charge in [-0.3, -0.25) is 19.7 Å². The number of carbonyl (C=O) groups excluding carboxylic acids is 2. The van der Waals surface area contributed by atoms with E-state index in [2.05, 4.69) is 20.2 Å². The molecule has 0 spiro atoms. The van der Waals surface area contributed by atoms with E-state index in [1.165, 1.54) is 6.33 Å². The average Bonchev–Trinajstić information content (AvgIpc) is 3.15. The lowest BCUT2D eigenvalue weighted by Crippen LogP contribution is -2.50. The molecule has 2 amide bonds. The number of rotatable bonds is 4. The monoisotopic (exact) mass is 314 g/mol. The van der Waals surface area contributed by atoms with E-state index in [1.807, 2.05) is 12.1 Å². The number of nitrogens with one attached hydrogen (secondary N) is 1. The summed E-state index contributed by atoms with van der Waals surface area (Å²) in [4.78, 5) is 35.8. The number of H-pyrrole nitrogens is 1. The first-order chi connectivity index (χ1) is 11.2. The fourth-order valence-electron chi connectivity index (χ4n) is 2.57. The number of pyridine rings is 1. The van der Waals surface area contributed by atoms with Gasteiger partial charge in [-0.15, -0.1) is 0 Å². The van der Waals surface area contributed by atoms with Crippen molar-refractivity contribution >= 4 is 11.8 Å². The van der Waals surface area contributed by atoms with Crippen molar-refractivity contribution in [1.82, 2.24) is 30.0 Å². The minimum Gasteiger partial charge on any atom is -0.339 e. The predicted octanol–water partition coefficient (Wildman–Crippen LogP) is 0.117. The predicted molar refractivity (Wildman–Crippen MR) is 81.4 cm³/mol. The van der Waals surface area contributed by atoms with Crippen LogP contribution in [0.3, 0.4) is 0 Å². The quantitative estimate of drug-likeness (QED) is 0.864. The van der Waals surface area contributed by atoms with E-state index >= 15 is 0 Å². The minimum absolute atomic E-state index is 0.112. The summed E-state index contributed by atoms with van der Waals surface area (Å²) in [6.45, 7) is 2.12. The van der Waals surface area contributed by atoms with Crippen LogP contribution in [0.5, 0.6) is 0 Å². The zero-order valence-corrected chi connectivity index (χ0v) is 12.7. The van der Waals surface area contributed by atoms with E-state index < -0.39 is 0 Å². The molecule has 2 aromatic heterocycles. The number of aromatic nitrogens is 4. The largest absolute Gasteiger partial charge is 0.339 e. The van der Waals surface area contributed by atoms with Crippen molar-refractivity contribution in [1.29, 1.82) is 0 Å². The van der Waals surface area contributed by atoms with Gasteiger partial charge in [0.05, 0.1) is 0 Å². The lowest BCUT2D eigenvalue weighted by molar-refractivity contribution is -0.132. The van der Waals surface area contributed by atoms with Crippen LogP contribution in [0.4, 0.5) is 0 Å². The van der Waals surface area contributed by atoms with Gasteiger partial charge in [-0.25, -0.2) is 4.98 Å². The normalized spacial score (nSPS) is 14.8. The molecule has 1 N–H and O–H groups in total. The fraction of sp³-hybridized carbons (Fsp3) is 0.400. The highest BCUT2D eigenvalue weighted by Gasteiger charge is 2.25. The van der Waals surface area contributed by atoms with Crippen molar-refractivity contribution in [3.8, 4) is 0 Å². The van der Waals surface area contributed by atoms with Gasteiger partial charge in [-0.1, -0.05) is 6.07 Å². The molecule has 0 saturated carbocycles. The molecule has 3 heterocycles. The van der Waals surface area contributed by atoms with E-state index in [1.54, 1.807) is 22.2 Å². The average molecular weight is 314 g/mol. The Balaban J connectivity index is 1.47. The van der Waals surface area contributed by atoms with Gasteiger partial charge >= 0.3 is 0 Å². The lowest BCUT2D eigenvalue weighted by atomic mass is 10.1. The smallest absolute Gasteiger partial charge is 0.291 e. The summed E-state index contributed by atoms with van der Waals surface area (Å²) < 4.78 is 0. The van der Waals surface area contributed by atoms with Crippen molar-refractivity contribution in [2.24, 2.45) is 0 Å². The minimum atomic E-state index is -0.176. The number of nitrogens with zero attached hydrogens (tertiary/aromatic N) is 5. The van der Waals surface area contributed by atoms with Crippen LogP contribution in [0.25, 0.3) is 0 Å². The Kier molecular flexibility index (Phi) is 4.60. The van der Waals surface area contributed by atoms with Crippen LogP contribution >= 0.6 is 0 Å². The van der Waals surface area contributed by atoms with Crippen molar-refractivity contribution in [3.05, 3.63) is 42.2 Å². The second-order valence-corrected chi connectivity index (χ2v) is 5.37. The third kappa shape index (κ3) is 3.71. The molecular weight excluding hydrogens is 296 g/mol. The molecule has 3 rings (SSSR count). The number of hydrogen-bond donors (Lipinski definition) is 1. The maximum absolute atomic E-state index is 12.3. The molecule has 0 aromatic carbocycles. The molecule has 1 fully saturated rings. The van der Waals surface area contributed by atoms with Gasteiger partial charge in [0, 0.05) is 45.0 Å². The molecule has 23 heavy (non-hydrogen) atoms. The standard InChI is InChI=1S/C15H18N6O2/c22-13(4-3-12-2-1-5-16-10-12)20-6-8-21(9-7-20)15(23)14-17-11-18-19-14/h1-2,5,10-11H,3-4,6-9H2,(H,17,18,19). The Morgan fingerprint density at radius 1 is 1.17 bits per heavy atom. The van der Waals surface area contributed by atoms with E-state index in [9.17, 15) is 9.59 Å². The van der Waals surface area contributed by atoms with Gasteiger partial charge in [0.25, 0.3) is 5.91 Å². The van der Waals surface area contributed by atoms with E-state index in [-0.39, 0.29) is 17.6 Å². The summed E-state index contributed by atoms with van der Waals surface area (Å²) >= 11 is 0. The fourth-order valence-corrected chi connectivity index (χ4v) is 2.57. The summed E-state index contributed by atoms with van der Waals surface area (Å²) in [5, 5.41) is 6.25. The SMILES string of the molecule is O=C(CCc1cccnc1)N1CCN(C(=O)c2ncn[nH]2)CC1. The van der Waals surface area contributed by atoms with Crippen LogP contribution in [0, 0.1) is 0 Å². The second-order valence-electron chi connectivity index (χ2n) is 5.37. The third-order valence-corrected chi connectivity index (χ3v) is 3.89. The number of aryl methyl sites for hydroxylation is 1. The zero-order valence-electron chi connectivity index (χ0n) is 12.7. The second kappa shape index (κ2) is 6.99. The molecule has 1 aliphatic heterocycles. The maximum Gasteiger partial charge on any atom is 0.291 e. The molecule has 0 unspecified atom stereocenters. The number of piperazine rings is 1. The third-order valence-electron chi connectivity index (χ3n) is 3.89. The lowest BCUT2D eigenvalue weighted by Gasteiger charge is -2.34. The Bertz CT molecular complexity index is 650. The molecule has 0 aliphatic carbocycles. The van der Waals surface area contributed by atoms with Crippen molar-refractivity contribution in [3.63, 3.8) is 0 Å². The first-order valence-corrected chi connectivity index (χ1v) is 7.55. The number of hydrogen-bond acceptors (Lipinski definition) is 5. The van der Waals surface area contributed by atoms with Crippen molar-refractivity contribution < 1.29 is 9.59 Å². The van der Waals surface area contributed by atoms with Crippen LogP contribution in [-0.4, -0.2) is 68.0 Å². The molecule has 8 nitrogen and oxygen atoms in total. The van der Waals surface area contributed by atoms with Gasteiger partial charge in [-0.05, 0) is 18.1 Å². The molecule has 0 atom stereocenters. The van der Waals surface area contributed by atoms with Gasteiger partial charge in [0.15, 0.2) is 0 Å². The summed E-state index contributed by atoms with van der Waals surface area (Å²) in [6.07, 6.45) is 5.95. The van der Waals surface area contributed by atoms with Crippen LogP contribution in [0.1, 0.15) is 22.6 Å². The first-order valence-electron chi connectivity index (χ1n) is 7.55. The van der Waals surface area contributed by atoms with E-state index in [0.29, 0.717) is 39.0 Å². The van der Waals surface area contributed by atoms with Gasteiger partial charge in [0.1, 0.15) is 6.33 Å². The molecule has 120 valence electrons. The zero-order chi connectivity index (χ0) is 16.1. The van der Waals surface area contributed by atoms with Crippen LogP contribution in [0.2, 0.25) is 0 Å². The molecule has 2 aromatic rings. The first kappa shape index (κ1) is 15.1. The molecule has 0 bridgehead atoms. The Labute approximate surface area is 133 Å². The summed E-state index contributed by atoms with van der Waals surface area (Å²) in [6, 6.07) is 3.84. The highest BCUT2D eigenvalue weighted by molar-refractivity contribution is 5.90. The van der Waals surface area contributed by atoms with E-state index in [0.717, 1.165) is 5.56 Å². The van der Waals surface area contributed by atoms with Crippen LogP contribution in [0.15, 0.2) is 30.9 Å². The van der Waals surface area contributed by atoms with Crippen LogP contribution in [-0.2, 0) is 11.2 Å². The highest BCUT2D eigenvalue weighted by atomic mass is 16.2. The van der Waals surface area contributed by atoms with Gasteiger partial charge in [-0.2, -0.15) is 5.10 Å². The maximum atomic E-state index is 12.3. The number of amides is 2. The Morgan fingerprint density at radius 2 is 1.96 bits per heavy atom. The Morgan fingerprint density at radius 3 is 2.61 bits per heavy atom. The number of carbonyl (C=O) groups is 2. The molecule has 0 radical (unpaired) electrons. The molecule has 8 heteroatoms. The van der Waals surface area contributed by atoms with Crippen molar-refractivity contribution in [2.75, 3.05) is 26.2 Å². The van der Waals surface area contributed by atoms with E-state index in [4.69, 9.17) is 0 Å². The summed E-state index contributed by atoms with van der Waals surface area (Å²) in [7, 11) is 0. The summed E-state index contributed by atoms with van der Waals surface area (Å²) in [5.41, 5.74) is 1.06.